The van der Waals surface area contributed by atoms with Gasteiger partial charge in [0.25, 0.3) is 0 Å². The normalized spacial score (nSPS) is 11.3. The van der Waals surface area contributed by atoms with Crippen molar-refractivity contribution in [3.8, 4) is 11.1 Å². The summed E-state index contributed by atoms with van der Waals surface area (Å²) in [5.74, 6) is -0.942. The molecule has 1 aromatic carbocycles. The van der Waals surface area contributed by atoms with Crippen LogP contribution in [0.25, 0.3) is 22.0 Å². The molecule has 0 fully saturated rings. The third kappa shape index (κ3) is 2.24. The van der Waals surface area contributed by atoms with Crippen molar-refractivity contribution in [2.24, 2.45) is 0 Å². The summed E-state index contributed by atoms with van der Waals surface area (Å²) in [5.41, 5.74) is 3.58. The average molecular weight is 295 g/mol. The van der Waals surface area contributed by atoms with E-state index < -0.39 is 5.97 Å². The van der Waals surface area contributed by atoms with Crippen molar-refractivity contribution in [3.63, 3.8) is 0 Å². The van der Waals surface area contributed by atoms with Gasteiger partial charge in [-0.1, -0.05) is 6.07 Å². The van der Waals surface area contributed by atoms with Gasteiger partial charge in [-0.2, -0.15) is 5.10 Å². The van der Waals surface area contributed by atoms with E-state index in [4.69, 9.17) is 0 Å². The van der Waals surface area contributed by atoms with E-state index in [1.165, 1.54) is 0 Å². The molecular weight excluding hydrogens is 278 g/mol. The predicted molar refractivity (Wildman–Crippen MR) is 85.0 cm³/mol. The van der Waals surface area contributed by atoms with Crippen LogP contribution in [-0.2, 0) is 0 Å². The summed E-state index contributed by atoms with van der Waals surface area (Å²) >= 11 is 0. The number of carbonyl (C=O) groups is 1. The van der Waals surface area contributed by atoms with Crippen LogP contribution in [-0.4, -0.2) is 25.8 Å². The Balaban J connectivity index is 2.38. The molecule has 0 saturated carbocycles. The van der Waals surface area contributed by atoms with Crippen molar-refractivity contribution in [1.82, 2.24) is 14.8 Å². The molecule has 3 aromatic rings. The van der Waals surface area contributed by atoms with Crippen LogP contribution in [0.2, 0.25) is 0 Å². The van der Waals surface area contributed by atoms with Gasteiger partial charge in [-0.3, -0.25) is 9.67 Å². The minimum atomic E-state index is -0.942. The van der Waals surface area contributed by atoms with Crippen molar-refractivity contribution in [1.29, 1.82) is 0 Å². The number of nitrogens with zero attached hydrogens (tertiary/aromatic N) is 3. The van der Waals surface area contributed by atoms with E-state index in [0.29, 0.717) is 5.39 Å². The van der Waals surface area contributed by atoms with Gasteiger partial charge in [-0.05, 0) is 44.5 Å². The number of pyridine rings is 1. The van der Waals surface area contributed by atoms with Crippen molar-refractivity contribution in [2.45, 2.75) is 26.8 Å². The Morgan fingerprint density at radius 2 is 2.05 bits per heavy atom. The second kappa shape index (κ2) is 5.26. The lowest BCUT2D eigenvalue weighted by atomic mass is 10.00. The number of benzene rings is 1. The van der Waals surface area contributed by atoms with E-state index in [1.54, 1.807) is 18.5 Å². The van der Waals surface area contributed by atoms with Crippen molar-refractivity contribution in [3.05, 3.63) is 47.9 Å². The summed E-state index contributed by atoms with van der Waals surface area (Å²) in [6, 6.07) is 7.59. The summed E-state index contributed by atoms with van der Waals surface area (Å²) in [5, 5.41) is 14.8. The number of aromatic nitrogens is 3. The topological polar surface area (TPSA) is 68.0 Å². The first-order valence-corrected chi connectivity index (χ1v) is 7.15. The number of carboxylic acid groups (broad SMARTS) is 1. The molecule has 0 amide bonds. The highest BCUT2D eigenvalue weighted by Crippen LogP contribution is 2.31. The lowest BCUT2D eigenvalue weighted by molar-refractivity contribution is 0.0699. The van der Waals surface area contributed by atoms with Gasteiger partial charge in [0, 0.05) is 29.4 Å². The van der Waals surface area contributed by atoms with E-state index in [2.05, 4.69) is 10.1 Å². The second-order valence-corrected chi connectivity index (χ2v) is 5.59. The van der Waals surface area contributed by atoms with Crippen molar-refractivity contribution in [2.75, 3.05) is 0 Å². The third-order valence-corrected chi connectivity index (χ3v) is 3.70. The number of aryl methyl sites for hydroxylation is 1. The molecule has 2 aromatic heterocycles. The SMILES string of the molecule is Cc1nn(C(C)C)c2cc(-c3cccnc3)cc(C(=O)O)c12. The maximum Gasteiger partial charge on any atom is 0.336 e. The molecule has 0 spiro atoms. The number of hydrogen-bond acceptors (Lipinski definition) is 3. The van der Waals surface area contributed by atoms with Crippen molar-refractivity contribution >= 4 is 16.9 Å². The fourth-order valence-corrected chi connectivity index (χ4v) is 2.72. The second-order valence-electron chi connectivity index (χ2n) is 5.59. The molecular formula is C17H17N3O2. The zero-order valence-corrected chi connectivity index (χ0v) is 12.7. The Morgan fingerprint density at radius 3 is 2.64 bits per heavy atom. The number of aromatic carboxylic acids is 1. The first-order chi connectivity index (χ1) is 10.5. The molecule has 0 radical (unpaired) electrons. The van der Waals surface area contributed by atoms with Gasteiger partial charge < -0.3 is 5.11 Å². The van der Waals surface area contributed by atoms with Gasteiger partial charge in [0.2, 0.25) is 0 Å². The lowest BCUT2D eigenvalue weighted by Crippen LogP contribution is -2.03. The van der Waals surface area contributed by atoms with Crippen LogP contribution in [0.4, 0.5) is 0 Å². The first kappa shape index (κ1) is 14.3. The maximum absolute atomic E-state index is 11.7. The van der Waals surface area contributed by atoms with Crippen LogP contribution < -0.4 is 0 Å². The lowest BCUT2D eigenvalue weighted by Gasteiger charge is -2.10. The number of carboxylic acids is 1. The smallest absolute Gasteiger partial charge is 0.336 e. The zero-order valence-electron chi connectivity index (χ0n) is 12.7. The van der Waals surface area contributed by atoms with Crippen LogP contribution in [0.15, 0.2) is 36.7 Å². The first-order valence-electron chi connectivity index (χ1n) is 7.15. The number of fused-ring (bicyclic) bond motifs is 1. The Bertz CT molecular complexity index is 851. The van der Waals surface area contributed by atoms with Crippen LogP contribution in [0, 0.1) is 6.92 Å². The molecule has 0 aliphatic carbocycles. The summed E-state index contributed by atoms with van der Waals surface area (Å²) in [4.78, 5) is 15.8. The van der Waals surface area contributed by atoms with E-state index in [0.717, 1.165) is 22.3 Å². The highest BCUT2D eigenvalue weighted by molar-refractivity contribution is 6.06. The highest BCUT2D eigenvalue weighted by Gasteiger charge is 2.19. The zero-order chi connectivity index (χ0) is 15.9. The number of hydrogen-bond donors (Lipinski definition) is 1. The monoisotopic (exact) mass is 295 g/mol. The minimum Gasteiger partial charge on any atom is -0.478 e. The molecule has 1 N–H and O–H groups in total. The van der Waals surface area contributed by atoms with Crippen LogP contribution in [0.1, 0.15) is 35.9 Å². The largest absolute Gasteiger partial charge is 0.478 e. The Hall–Kier alpha value is -2.69. The highest BCUT2D eigenvalue weighted by atomic mass is 16.4. The molecule has 3 rings (SSSR count). The summed E-state index contributed by atoms with van der Waals surface area (Å²) in [6.45, 7) is 5.91. The Labute approximate surface area is 128 Å². The fourth-order valence-electron chi connectivity index (χ4n) is 2.72. The predicted octanol–water partition coefficient (Wildman–Crippen LogP) is 3.69. The van der Waals surface area contributed by atoms with Crippen LogP contribution in [0.5, 0.6) is 0 Å². The van der Waals surface area contributed by atoms with Crippen molar-refractivity contribution < 1.29 is 9.90 Å². The molecule has 0 aliphatic rings. The van der Waals surface area contributed by atoms with Gasteiger partial charge in [-0.15, -0.1) is 0 Å². The molecule has 5 nitrogen and oxygen atoms in total. The summed E-state index contributed by atoms with van der Waals surface area (Å²) in [7, 11) is 0. The maximum atomic E-state index is 11.7. The standard InChI is InChI=1S/C17H17N3O2/c1-10(2)20-15-8-13(12-5-4-6-18-9-12)7-14(17(21)22)16(15)11(3)19-20/h4-10H,1-3H3,(H,21,22). The summed E-state index contributed by atoms with van der Waals surface area (Å²) < 4.78 is 1.87. The quantitative estimate of drug-likeness (QED) is 0.800. The molecule has 2 heterocycles. The van der Waals surface area contributed by atoms with Gasteiger partial charge in [0.05, 0.1) is 16.8 Å². The molecule has 22 heavy (non-hydrogen) atoms. The van der Waals surface area contributed by atoms with Gasteiger partial charge >= 0.3 is 5.97 Å². The number of rotatable bonds is 3. The van der Waals surface area contributed by atoms with E-state index in [-0.39, 0.29) is 11.6 Å². The molecule has 5 heteroatoms. The molecule has 0 unspecified atom stereocenters. The van der Waals surface area contributed by atoms with E-state index in [9.17, 15) is 9.90 Å². The Kier molecular flexibility index (Phi) is 3.41. The van der Waals surface area contributed by atoms with Crippen LogP contribution in [0.3, 0.4) is 0 Å². The van der Waals surface area contributed by atoms with Crippen LogP contribution >= 0.6 is 0 Å². The van der Waals surface area contributed by atoms with Gasteiger partial charge in [0.15, 0.2) is 0 Å². The average Bonchev–Trinajstić information content (AvgIpc) is 2.84. The summed E-state index contributed by atoms with van der Waals surface area (Å²) in [6.07, 6.45) is 3.43. The molecule has 0 atom stereocenters. The minimum absolute atomic E-state index is 0.155. The van der Waals surface area contributed by atoms with E-state index in [1.807, 2.05) is 43.7 Å². The fraction of sp³-hybridized carbons (Fsp3) is 0.235. The molecule has 0 bridgehead atoms. The Morgan fingerprint density at radius 1 is 1.27 bits per heavy atom. The van der Waals surface area contributed by atoms with Gasteiger partial charge in [-0.25, -0.2) is 4.79 Å². The molecule has 0 saturated heterocycles. The third-order valence-electron chi connectivity index (χ3n) is 3.70. The molecule has 0 aliphatic heterocycles. The molecule has 112 valence electrons. The van der Waals surface area contributed by atoms with Gasteiger partial charge in [0.1, 0.15) is 0 Å². The van der Waals surface area contributed by atoms with E-state index >= 15 is 0 Å².